The molecule has 2 saturated carbocycles. The van der Waals surface area contributed by atoms with Gasteiger partial charge in [0, 0.05) is 0 Å². The van der Waals surface area contributed by atoms with Crippen molar-refractivity contribution in [3.05, 3.63) is 91.0 Å². The van der Waals surface area contributed by atoms with E-state index in [-0.39, 0.29) is 0 Å². The van der Waals surface area contributed by atoms with E-state index in [1.165, 1.54) is 19.3 Å². The Morgan fingerprint density at radius 1 is 0.655 bits per heavy atom. The maximum atomic E-state index is 2.63. The average molecular weight is 487 g/mol. The molecule has 5 rings (SSSR count). The van der Waals surface area contributed by atoms with Crippen LogP contribution in [0.5, 0.6) is 0 Å². The number of fused-ring (bicyclic) bond motifs is 2. The van der Waals surface area contributed by atoms with Crippen LogP contribution >= 0.6 is 0 Å². The summed E-state index contributed by atoms with van der Waals surface area (Å²) >= 11 is -3.33. The molecule has 0 N–H and O–H groups in total. The van der Waals surface area contributed by atoms with Crippen LogP contribution in [0.25, 0.3) is 0 Å². The molecule has 0 aromatic heterocycles. The Morgan fingerprint density at radius 2 is 1.07 bits per heavy atom. The van der Waals surface area contributed by atoms with Gasteiger partial charge in [-0.2, -0.15) is 0 Å². The zero-order valence-electron chi connectivity index (χ0n) is 17.9. The zero-order valence-corrected chi connectivity index (χ0v) is 20.8. The molecular weight excluding hydrogens is 455 g/mol. The zero-order chi connectivity index (χ0) is 20.1. The Balaban J connectivity index is 1.90. The fraction of sp³-hybridized carbons (Fsp3) is 0.357. The van der Waals surface area contributed by atoms with Crippen LogP contribution in [0.2, 0.25) is 3.93 Å². The summed E-state index contributed by atoms with van der Waals surface area (Å²) in [4.78, 5) is 0. The van der Waals surface area contributed by atoms with E-state index < -0.39 is 18.4 Å². The molecule has 148 valence electrons. The minimum absolute atomic E-state index is 0.380. The molecule has 2 bridgehead atoms. The fourth-order valence-electron chi connectivity index (χ4n) is 7.49. The molecule has 0 amide bonds. The van der Waals surface area contributed by atoms with Gasteiger partial charge in [-0.25, -0.2) is 0 Å². The first-order chi connectivity index (χ1) is 14.0. The van der Waals surface area contributed by atoms with Gasteiger partial charge in [-0.05, 0) is 0 Å². The van der Waals surface area contributed by atoms with Gasteiger partial charge in [-0.1, -0.05) is 0 Å². The van der Waals surface area contributed by atoms with Crippen molar-refractivity contribution >= 4 is 29.1 Å². The van der Waals surface area contributed by atoms with Gasteiger partial charge < -0.3 is 0 Å². The van der Waals surface area contributed by atoms with Gasteiger partial charge in [0.15, 0.2) is 0 Å². The van der Waals surface area contributed by atoms with Crippen LogP contribution in [0.15, 0.2) is 91.0 Å². The molecule has 2 aliphatic carbocycles. The van der Waals surface area contributed by atoms with E-state index in [2.05, 4.69) is 112 Å². The first-order valence-corrected chi connectivity index (χ1v) is 17.1. The Morgan fingerprint density at radius 3 is 1.41 bits per heavy atom. The molecule has 3 aromatic rings. The van der Waals surface area contributed by atoms with Gasteiger partial charge in [0.1, 0.15) is 0 Å². The van der Waals surface area contributed by atoms with E-state index in [0.29, 0.717) is 10.8 Å². The monoisotopic (exact) mass is 488 g/mol. The van der Waals surface area contributed by atoms with Crippen molar-refractivity contribution in [3.8, 4) is 0 Å². The van der Waals surface area contributed by atoms with Gasteiger partial charge >= 0.3 is 181 Å². The molecule has 2 aliphatic rings. The van der Waals surface area contributed by atoms with Crippen LogP contribution in [0.4, 0.5) is 0 Å². The molecule has 0 radical (unpaired) electrons. The molecule has 0 nitrogen and oxygen atoms in total. The molecule has 0 saturated heterocycles. The van der Waals surface area contributed by atoms with Crippen molar-refractivity contribution in [2.75, 3.05) is 0 Å². The van der Waals surface area contributed by atoms with Gasteiger partial charge in [0.05, 0.1) is 0 Å². The quantitative estimate of drug-likeness (QED) is 0.434. The van der Waals surface area contributed by atoms with E-state index in [1.807, 2.05) is 0 Å². The van der Waals surface area contributed by atoms with E-state index in [9.17, 15) is 0 Å². The van der Waals surface area contributed by atoms with Crippen LogP contribution in [-0.4, -0.2) is 18.4 Å². The molecule has 3 atom stereocenters. The summed E-state index contributed by atoms with van der Waals surface area (Å²) in [5.41, 5.74) is 0.830. The normalized spacial score (nSPS) is 27.8. The van der Waals surface area contributed by atoms with Crippen molar-refractivity contribution in [1.29, 1.82) is 0 Å². The standard InChI is InChI=1S/C10H17.3C6H5.Sn/c1-9(2)7-10(3)5-4-8(9)6-10;3*1-2-4-6-5-3-1;/h7-8H,4-6H2,1-3H3;3*1-5H;/t8-,10+;;;;/m0..../s1. The van der Waals surface area contributed by atoms with Crippen molar-refractivity contribution in [2.45, 2.75) is 44.0 Å². The fourth-order valence-corrected chi connectivity index (χ4v) is 26.9. The topological polar surface area (TPSA) is 0 Å². The molecule has 29 heavy (non-hydrogen) atoms. The Hall–Kier alpha value is -1.54. The molecule has 0 spiro atoms. The summed E-state index contributed by atoms with van der Waals surface area (Å²) in [5.74, 6) is 0.865. The summed E-state index contributed by atoms with van der Waals surface area (Å²) in [6, 6.07) is 35.0. The van der Waals surface area contributed by atoms with Crippen molar-refractivity contribution < 1.29 is 0 Å². The third kappa shape index (κ3) is 2.78. The van der Waals surface area contributed by atoms with Gasteiger partial charge in [0.25, 0.3) is 0 Å². The van der Waals surface area contributed by atoms with Crippen LogP contribution in [0.3, 0.4) is 0 Å². The van der Waals surface area contributed by atoms with Crippen LogP contribution in [0, 0.1) is 16.7 Å². The Kier molecular flexibility index (Phi) is 4.70. The summed E-state index contributed by atoms with van der Waals surface area (Å²) in [6.45, 7) is 7.84. The van der Waals surface area contributed by atoms with E-state index >= 15 is 0 Å². The third-order valence-electron chi connectivity index (χ3n) is 8.39. The summed E-state index contributed by atoms with van der Waals surface area (Å²) in [6.07, 6.45) is 4.23. The van der Waals surface area contributed by atoms with Gasteiger partial charge in [-0.3, -0.25) is 0 Å². The number of hydrogen-bond acceptors (Lipinski definition) is 0. The van der Waals surface area contributed by atoms with Crippen molar-refractivity contribution in [1.82, 2.24) is 0 Å². The van der Waals surface area contributed by atoms with Crippen LogP contribution in [-0.2, 0) is 0 Å². The Labute approximate surface area is 180 Å². The summed E-state index contributed by atoms with van der Waals surface area (Å²) < 4.78 is 5.69. The molecule has 3 aromatic carbocycles. The second-order valence-electron chi connectivity index (χ2n) is 10.3. The predicted molar refractivity (Wildman–Crippen MR) is 127 cm³/mol. The first kappa shape index (κ1) is 19.4. The molecule has 1 heteroatoms. The molecule has 0 unspecified atom stereocenters. The van der Waals surface area contributed by atoms with Gasteiger partial charge in [0.2, 0.25) is 0 Å². The predicted octanol–water partition coefficient (Wildman–Crippen LogP) is 5.37. The molecule has 2 fully saturated rings. The average Bonchev–Trinajstić information content (AvgIpc) is 3.24. The van der Waals surface area contributed by atoms with Crippen LogP contribution < -0.4 is 10.7 Å². The Bertz CT molecular complexity index is 875. The SMILES string of the molecule is CC1(C)[C@H]2CC[C@](C)(C2)[C@@H]1[Sn]([c]1ccccc1)([c]1ccccc1)[c]1ccccc1. The number of benzene rings is 3. The van der Waals surface area contributed by atoms with E-state index in [1.54, 1.807) is 10.7 Å². The van der Waals surface area contributed by atoms with Gasteiger partial charge in [-0.15, -0.1) is 0 Å². The van der Waals surface area contributed by atoms with Crippen molar-refractivity contribution in [2.24, 2.45) is 16.7 Å². The van der Waals surface area contributed by atoms with Crippen LogP contribution in [0.1, 0.15) is 40.0 Å². The molecule has 0 heterocycles. The molecule has 0 aliphatic heterocycles. The van der Waals surface area contributed by atoms with E-state index in [0.717, 1.165) is 9.85 Å². The first-order valence-electron chi connectivity index (χ1n) is 11.2. The molecular formula is C28H32Sn. The second-order valence-corrected chi connectivity index (χ2v) is 21.5. The van der Waals surface area contributed by atoms with Crippen molar-refractivity contribution in [3.63, 3.8) is 0 Å². The summed E-state index contributed by atoms with van der Waals surface area (Å²) in [5, 5.41) is 0. The number of hydrogen-bond donors (Lipinski definition) is 0. The number of rotatable bonds is 4. The maximum absolute atomic E-state index is 3.33. The minimum atomic E-state index is -3.33. The summed E-state index contributed by atoms with van der Waals surface area (Å²) in [7, 11) is 0. The third-order valence-corrected chi connectivity index (χ3v) is 25.6. The van der Waals surface area contributed by atoms with E-state index in [4.69, 9.17) is 0 Å². The second kappa shape index (κ2) is 7.01.